The quantitative estimate of drug-likeness (QED) is 0.842. The lowest BCUT2D eigenvalue weighted by atomic mass is 9.89. The summed E-state index contributed by atoms with van der Waals surface area (Å²) in [5.74, 6) is 0.834. The molecule has 23 heavy (non-hydrogen) atoms. The molecule has 0 aliphatic carbocycles. The van der Waals surface area contributed by atoms with Crippen molar-refractivity contribution in [3.8, 4) is 0 Å². The van der Waals surface area contributed by atoms with E-state index >= 15 is 0 Å². The predicted octanol–water partition coefficient (Wildman–Crippen LogP) is 2.35. The molecule has 2 fully saturated rings. The van der Waals surface area contributed by atoms with Crippen LogP contribution in [0.15, 0.2) is 24.3 Å². The van der Waals surface area contributed by atoms with Gasteiger partial charge in [-0.05, 0) is 30.7 Å². The highest BCUT2D eigenvalue weighted by Gasteiger charge is 2.47. The van der Waals surface area contributed by atoms with Gasteiger partial charge in [-0.25, -0.2) is 4.39 Å². The lowest BCUT2D eigenvalue weighted by Gasteiger charge is -2.27. The fourth-order valence-electron chi connectivity index (χ4n) is 4.00. The van der Waals surface area contributed by atoms with E-state index in [1.807, 2.05) is 11.0 Å². The maximum Gasteiger partial charge on any atom is 0.224 e. The van der Waals surface area contributed by atoms with Gasteiger partial charge in [-0.3, -0.25) is 9.69 Å². The number of fused-ring (bicyclic) bond motifs is 1. The fourth-order valence-corrected chi connectivity index (χ4v) is 4.00. The first-order valence-corrected chi connectivity index (χ1v) is 7.82. The zero-order valence-corrected chi connectivity index (χ0v) is 14.4. The largest absolute Gasteiger partial charge is 0.384 e. The highest BCUT2D eigenvalue weighted by atomic mass is 35.5. The number of methoxy groups -OCH3 is 1. The molecule has 0 radical (unpaired) electrons. The van der Waals surface area contributed by atoms with Gasteiger partial charge >= 0.3 is 0 Å². The minimum atomic E-state index is -0.194. The molecule has 0 saturated carbocycles. The number of halogens is 2. The van der Waals surface area contributed by atoms with E-state index in [-0.39, 0.29) is 30.2 Å². The van der Waals surface area contributed by atoms with Crippen molar-refractivity contribution in [2.75, 3.05) is 40.4 Å². The third-order valence-corrected chi connectivity index (χ3v) is 4.96. The van der Waals surface area contributed by atoms with E-state index in [2.05, 4.69) is 11.9 Å². The number of ether oxygens (including phenoxy) is 1. The summed E-state index contributed by atoms with van der Waals surface area (Å²) in [6, 6.07) is 7.05. The summed E-state index contributed by atoms with van der Waals surface area (Å²) in [5, 5.41) is 0. The zero-order chi connectivity index (χ0) is 15.7. The van der Waals surface area contributed by atoms with Gasteiger partial charge in [-0.1, -0.05) is 12.1 Å². The van der Waals surface area contributed by atoms with Crippen molar-refractivity contribution in [1.82, 2.24) is 9.80 Å². The SMILES string of the molecule is COCCC(=O)N1C[C@@H]2CN(C)[C@@H](c3cccc(F)c3)[C@@H]2C1.Cl. The molecule has 128 valence electrons. The van der Waals surface area contributed by atoms with E-state index in [1.165, 1.54) is 6.07 Å². The molecule has 3 atom stereocenters. The Bertz CT molecular complexity index is 557. The molecule has 0 unspecified atom stereocenters. The third-order valence-electron chi connectivity index (χ3n) is 4.96. The summed E-state index contributed by atoms with van der Waals surface area (Å²) in [5.41, 5.74) is 1.01. The average molecular weight is 343 g/mol. The highest BCUT2D eigenvalue weighted by molar-refractivity contribution is 5.85. The molecule has 0 bridgehead atoms. The maximum absolute atomic E-state index is 13.5. The monoisotopic (exact) mass is 342 g/mol. The molecule has 1 amide bonds. The molecule has 2 heterocycles. The van der Waals surface area contributed by atoms with Gasteiger partial charge in [-0.2, -0.15) is 0 Å². The van der Waals surface area contributed by atoms with Crippen LogP contribution in [0.5, 0.6) is 0 Å². The van der Waals surface area contributed by atoms with Crippen LogP contribution in [0.1, 0.15) is 18.0 Å². The summed E-state index contributed by atoms with van der Waals surface area (Å²) in [4.78, 5) is 16.4. The first kappa shape index (κ1) is 18.2. The summed E-state index contributed by atoms with van der Waals surface area (Å²) in [6.07, 6.45) is 0.441. The number of likely N-dealkylation sites (tertiary alicyclic amines) is 2. The van der Waals surface area contributed by atoms with E-state index < -0.39 is 0 Å². The van der Waals surface area contributed by atoms with Gasteiger partial charge in [0.25, 0.3) is 0 Å². The summed E-state index contributed by atoms with van der Waals surface area (Å²) < 4.78 is 18.5. The smallest absolute Gasteiger partial charge is 0.224 e. The van der Waals surface area contributed by atoms with Gasteiger partial charge in [0.2, 0.25) is 5.91 Å². The first-order valence-electron chi connectivity index (χ1n) is 7.82. The Hall–Kier alpha value is -1.17. The van der Waals surface area contributed by atoms with E-state index in [1.54, 1.807) is 19.2 Å². The molecule has 1 aromatic rings. The Morgan fingerprint density at radius 3 is 2.83 bits per heavy atom. The average Bonchev–Trinajstić information content (AvgIpc) is 3.01. The van der Waals surface area contributed by atoms with Gasteiger partial charge in [0.05, 0.1) is 13.0 Å². The summed E-state index contributed by atoms with van der Waals surface area (Å²) >= 11 is 0. The van der Waals surface area contributed by atoms with E-state index in [4.69, 9.17) is 4.74 Å². The number of carbonyl (C=O) groups excluding carboxylic acids is 1. The lowest BCUT2D eigenvalue weighted by Crippen LogP contribution is -2.33. The van der Waals surface area contributed by atoms with Crippen LogP contribution in [0.25, 0.3) is 0 Å². The topological polar surface area (TPSA) is 32.8 Å². The standard InChI is InChI=1S/C17H23FN2O2.ClH/c1-19-9-13-10-20(16(21)6-7-22-2)11-15(13)17(19)12-4-3-5-14(18)8-12;/h3-5,8,13,15,17H,6-7,9-11H2,1-2H3;1H/t13-,15+,17-;/m0./s1. The van der Waals surface area contributed by atoms with Crippen molar-refractivity contribution >= 4 is 18.3 Å². The van der Waals surface area contributed by atoms with Crippen LogP contribution < -0.4 is 0 Å². The third kappa shape index (κ3) is 3.67. The molecule has 0 aromatic heterocycles. The van der Waals surface area contributed by atoms with Crippen LogP contribution >= 0.6 is 12.4 Å². The molecular formula is C17H24ClFN2O2. The normalized spacial score (nSPS) is 26.9. The summed E-state index contributed by atoms with van der Waals surface area (Å²) in [7, 11) is 3.70. The van der Waals surface area contributed by atoms with Crippen LogP contribution in [-0.2, 0) is 9.53 Å². The van der Waals surface area contributed by atoms with Gasteiger partial charge in [0.15, 0.2) is 0 Å². The van der Waals surface area contributed by atoms with E-state index in [0.717, 1.165) is 25.2 Å². The van der Waals surface area contributed by atoms with Crippen LogP contribution in [0.2, 0.25) is 0 Å². The van der Waals surface area contributed by atoms with Crippen LogP contribution in [0.4, 0.5) is 4.39 Å². The van der Waals surface area contributed by atoms with Crippen molar-refractivity contribution < 1.29 is 13.9 Å². The second-order valence-electron chi connectivity index (χ2n) is 6.40. The molecule has 3 rings (SSSR count). The number of carbonyl (C=O) groups is 1. The Morgan fingerprint density at radius 2 is 2.13 bits per heavy atom. The molecule has 6 heteroatoms. The molecule has 2 aliphatic rings. The maximum atomic E-state index is 13.5. The zero-order valence-electron chi connectivity index (χ0n) is 13.6. The number of benzene rings is 1. The van der Waals surface area contributed by atoms with Crippen molar-refractivity contribution in [3.05, 3.63) is 35.6 Å². The van der Waals surface area contributed by atoms with Gasteiger partial charge in [0.1, 0.15) is 5.82 Å². The number of rotatable bonds is 4. The number of hydrogen-bond donors (Lipinski definition) is 0. The lowest BCUT2D eigenvalue weighted by molar-refractivity contribution is -0.131. The molecular weight excluding hydrogens is 319 g/mol. The van der Waals surface area contributed by atoms with Crippen molar-refractivity contribution in [2.45, 2.75) is 12.5 Å². The van der Waals surface area contributed by atoms with Gasteiger partial charge in [-0.15, -0.1) is 12.4 Å². The van der Waals surface area contributed by atoms with Gasteiger partial charge in [0, 0.05) is 38.7 Å². The van der Waals surface area contributed by atoms with Gasteiger partial charge < -0.3 is 9.64 Å². The fraction of sp³-hybridized carbons (Fsp3) is 0.588. The molecule has 1 aromatic carbocycles. The first-order chi connectivity index (χ1) is 10.6. The molecule has 4 nitrogen and oxygen atoms in total. The van der Waals surface area contributed by atoms with Crippen LogP contribution in [0, 0.1) is 17.7 Å². The highest BCUT2D eigenvalue weighted by Crippen LogP contribution is 2.44. The molecule has 0 N–H and O–H groups in total. The van der Waals surface area contributed by atoms with E-state index in [0.29, 0.717) is 24.9 Å². The Balaban J connectivity index is 0.00000192. The van der Waals surface area contributed by atoms with Crippen molar-refractivity contribution in [3.63, 3.8) is 0 Å². The number of nitrogens with zero attached hydrogens (tertiary/aromatic N) is 2. The minimum absolute atomic E-state index is 0. The number of hydrogen-bond acceptors (Lipinski definition) is 3. The minimum Gasteiger partial charge on any atom is -0.384 e. The van der Waals surface area contributed by atoms with Crippen molar-refractivity contribution in [2.24, 2.45) is 11.8 Å². The Kier molecular flexibility index (Phi) is 6.00. The van der Waals surface area contributed by atoms with Crippen LogP contribution in [-0.4, -0.2) is 56.1 Å². The van der Waals surface area contributed by atoms with Crippen LogP contribution in [0.3, 0.4) is 0 Å². The molecule has 2 aliphatic heterocycles. The number of amides is 1. The second kappa shape index (κ2) is 7.60. The Labute approximate surface area is 143 Å². The van der Waals surface area contributed by atoms with Crippen molar-refractivity contribution in [1.29, 1.82) is 0 Å². The predicted molar refractivity (Wildman–Crippen MR) is 89.1 cm³/mol. The Morgan fingerprint density at radius 1 is 1.35 bits per heavy atom. The molecule has 2 saturated heterocycles. The second-order valence-corrected chi connectivity index (χ2v) is 6.40. The van der Waals surface area contributed by atoms with E-state index in [9.17, 15) is 9.18 Å². The molecule has 0 spiro atoms. The summed E-state index contributed by atoms with van der Waals surface area (Å²) in [6.45, 7) is 3.00.